The summed E-state index contributed by atoms with van der Waals surface area (Å²) >= 11 is 7.17. The molecular weight excluding hydrogens is 351 g/mol. The highest BCUT2D eigenvalue weighted by Crippen LogP contribution is 2.55. The molecule has 0 bridgehead atoms. The summed E-state index contributed by atoms with van der Waals surface area (Å²) in [6.07, 6.45) is 3.48. The topological polar surface area (TPSA) is 17.1 Å². The predicted molar refractivity (Wildman–Crippen MR) is 77.8 cm³/mol. The van der Waals surface area contributed by atoms with Crippen molar-refractivity contribution in [2.45, 2.75) is 16.1 Å². The van der Waals surface area contributed by atoms with Gasteiger partial charge in [-0.3, -0.25) is 0 Å². The van der Waals surface area contributed by atoms with Crippen molar-refractivity contribution in [3.63, 3.8) is 0 Å². The summed E-state index contributed by atoms with van der Waals surface area (Å²) in [5, 5.41) is 0. The molecule has 1 aliphatic heterocycles. The van der Waals surface area contributed by atoms with Gasteiger partial charge in [-0.15, -0.1) is 0 Å². The van der Waals surface area contributed by atoms with E-state index in [1.807, 2.05) is 18.2 Å². The van der Waals surface area contributed by atoms with Crippen LogP contribution in [0.3, 0.4) is 0 Å². The Hall–Kier alpha value is 0.410. The minimum absolute atomic E-state index is 0.383. The number of alkyl halides is 2. The highest BCUT2D eigenvalue weighted by atomic mass is 79.9. The molecule has 1 saturated heterocycles. The van der Waals surface area contributed by atoms with Crippen molar-refractivity contribution < 1.29 is 4.57 Å². The summed E-state index contributed by atoms with van der Waals surface area (Å²) in [5.41, 5.74) is 1.29. The fourth-order valence-corrected chi connectivity index (χ4v) is 9.18. The van der Waals surface area contributed by atoms with Crippen LogP contribution in [0.4, 0.5) is 0 Å². The van der Waals surface area contributed by atoms with E-state index in [0.717, 1.165) is 24.9 Å². The quantitative estimate of drug-likeness (QED) is 0.581. The van der Waals surface area contributed by atoms with Gasteiger partial charge in [-0.2, -0.15) is 0 Å². The highest BCUT2D eigenvalue weighted by molar-refractivity contribution is 9.12. The van der Waals surface area contributed by atoms with Crippen LogP contribution >= 0.6 is 39.0 Å². The van der Waals surface area contributed by atoms with E-state index in [9.17, 15) is 4.57 Å². The highest BCUT2D eigenvalue weighted by Gasteiger charge is 2.38. The Balaban J connectivity index is 1.94. The van der Waals surface area contributed by atoms with Crippen molar-refractivity contribution in [1.29, 1.82) is 0 Å². The second kappa shape index (κ2) is 5.37. The van der Waals surface area contributed by atoms with Gasteiger partial charge >= 0.3 is 0 Å². The van der Waals surface area contributed by atoms with Crippen LogP contribution in [0.1, 0.15) is 5.56 Å². The van der Waals surface area contributed by atoms with E-state index in [0.29, 0.717) is 9.65 Å². The van der Waals surface area contributed by atoms with Gasteiger partial charge in [-0.05, 0) is 12.0 Å². The maximum absolute atomic E-state index is 12.5. The number of hydrogen-bond donors (Lipinski definition) is 0. The predicted octanol–water partition coefficient (Wildman–Crippen LogP) is 4.13. The molecule has 0 spiro atoms. The van der Waals surface area contributed by atoms with Crippen LogP contribution in [0, 0.1) is 0 Å². The minimum atomic E-state index is -1.94. The molecule has 2 rings (SSSR count). The van der Waals surface area contributed by atoms with Crippen LogP contribution in [0.2, 0.25) is 0 Å². The molecule has 0 unspecified atom stereocenters. The Labute approximate surface area is 114 Å². The van der Waals surface area contributed by atoms with Gasteiger partial charge in [0.25, 0.3) is 0 Å². The number of aryl methyl sites for hydroxylation is 1. The summed E-state index contributed by atoms with van der Waals surface area (Å²) in [5.74, 6) is 0. The van der Waals surface area contributed by atoms with Crippen molar-refractivity contribution in [2.75, 3.05) is 18.5 Å². The standard InChI is InChI=1S/C12H15Br2OP/c13-11-8-16(15,9-12(11)14)7-6-10-4-2-1-3-5-10/h1-5,11-12H,6-9H2/t11-,12-/m1/s1. The first-order valence-electron chi connectivity index (χ1n) is 5.48. The Morgan fingerprint density at radius 2 is 1.69 bits per heavy atom. The third kappa shape index (κ3) is 3.21. The van der Waals surface area contributed by atoms with Gasteiger partial charge in [0.15, 0.2) is 0 Å². The lowest BCUT2D eigenvalue weighted by Crippen LogP contribution is -2.08. The molecule has 1 fully saturated rings. The van der Waals surface area contributed by atoms with Gasteiger partial charge in [-0.1, -0.05) is 62.2 Å². The van der Waals surface area contributed by atoms with Crippen LogP contribution in [0.25, 0.3) is 0 Å². The fraction of sp³-hybridized carbons (Fsp3) is 0.500. The van der Waals surface area contributed by atoms with E-state index in [1.165, 1.54) is 5.56 Å². The van der Waals surface area contributed by atoms with Gasteiger partial charge in [-0.25, -0.2) is 0 Å². The SMILES string of the molecule is O=P1(CCc2ccccc2)C[C@@H](Br)[C@H](Br)C1. The molecule has 4 heteroatoms. The van der Waals surface area contributed by atoms with Crippen LogP contribution < -0.4 is 0 Å². The van der Waals surface area contributed by atoms with E-state index in [2.05, 4.69) is 44.0 Å². The van der Waals surface area contributed by atoms with Crippen molar-refractivity contribution in [2.24, 2.45) is 0 Å². The Morgan fingerprint density at radius 3 is 2.25 bits per heavy atom. The van der Waals surface area contributed by atoms with Crippen molar-refractivity contribution in [1.82, 2.24) is 0 Å². The molecule has 2 atom stereocenters. The molecule has 0 aromatic heterocycles. The van der Waals surface area contributed by atoms with E-state index >= 15 is 0 Å². The van der Waals surface area contributed by atoms with E-state index in [-0.39, 0.29) is 0 Å². The molecule has 1 aromatic carbocycles. The van der Waals surface area contributed by atoms with Crippen LogP contribution in [0.5, 0.6) is 0 Å². The monoisotopic (exact) mass is 364 g/mol. The molecule has 88 valence electrons. The normalized spacial score (nSPS) is 28.1. The van der Waals surface area contributed by atoms with Crippen molar-refractivity contribution >= 4 is 39.0 Å². The second-order valence-corrected chi connectivity index (χ2v) is 10.1. The molecule has 1 heterocycles. The molecule has 1 nitrogen and oxygen atoms in total. The van der Waals surface area contributed by atoms with Gasteiger partial charge in [0.05, 0.1) is 7.14 Å². The fourth-order valence-electron chi connectivity index (χ4n) is 2.10. The summed E-state index contributed by atoms with van der Waals surface area (Å²) in [6.45, 7) is 0. The summed E-state index contributed by atoms with van der Waals surface area (Å²) in [7, 11) is -1.94. The average molecular weight is 366 g/mol. The summed E-state index contributed by atoms with van der Waals surface area (Å²) in [4.78, 5) is 0.767. The number of benzene rings is 1. The van der Waals surface area contributed by atoms with Crippen LogP contribution in [-0.2, 0) is 11.0 Å². The molecule has 0 radical (unpaired) electrons. The number of halogens is 2. The third-order valence-corrected chi connectivity index (χ3v) is 9.85. The first kappa shape index (κ1) is 12.9. The van der Waals surface area contributed by atoms with E-state index in [1.54, 1.807) is 0 Å². The summed E-state index contributed by atoms with van der Waals surface area (Å²) < 4.78 is 12.5. The van der Waals surface area contributed by atoms with Crippen molar-refractivity contribution in [3.8, 4) is 0 Å². The van der Waals surface area contributed by atoms with Gasteiger partial charge in [0, 0.05) is 28.1 Å². The lowest BCUT2D eigenvalue weighted by Gasteiger charge is -2.10. The first-order chi connectivity index (χ1) is 7.59. The Bertz CT molecular complexity index is 379. The van der Waals surface area contributed by atoms with Gasteiger partial charge < -0.3 is 4.57 Å². The molecule has 0 N–H and O–H groups in total. The van der Waals surface area contributed by atoms with E-state index in [4.69, 9.17) is 0 Å². The largest absolute Gasteiger partial charge is 0.323 e. The number of hydrogen-bond acceptors (Lipinski definition) is 1. The molecule has 16 heavy (non-hydrogen) atoms. The lowest BCUT2D eigenvalue weighted by molar-refractivity contribution is 0.578. The van der Waals surface area contributed by atoms with Crippen LogP contribution in [0.15, 0.2) is 30.3 Å². The van der Waals surface area contributed by atoms with Gasteiger partial charge in [0.1, 0.15) is 0 Å². The molecule has 1 aromatic rings. The zero-order valence-electron chi connectivity index (χ0n) is 8.98. The first-order valence-corrected chi connectivity index (χ1v) is 9.58. The average Bonchev–Trinajstić information content (AvgIpc) is 2.53. The van der Waals surface area contributed by atoms with Crippen LogP contribution in [-0.4, -0.2) is 28.1 Å². The van der Waals surface area contributed by atoms with Crippen molar-refractivity contribution in [3.05, 3.63) is 35.9 Å². The maximum Gasteiger partial charge on any atom is 0.0903 e. The number of rotatable bonds is 3. The lowest BCUT2D eigenvalue weighted by atomic mass is 10.2. The smallest absolute Gasteiger partial charge is 0.0903 e. The molecule has 0 amide bonds. The Morgan fingerprint density at radius 1 is 1.12 bits per heavy atom. The zero-order valence-corrected chi connectivity index (χ0v) is 13.0. The molecule has 1 aliphatic rings. The Kier molecular flexibility index (Phi) is 4.32. The minimum Gasteiger partial charge on any atom is -0.323 e. The third-order valence-electron chi connectivity index (χ3n) is 3.06. The molecular formula is C12H15Br2OP. The molecule has 0 aliphatic carbocycles. The molecule has 0 saturated carbocycles. The zero-order chi connectivity index (χ0) is 11.6. The summed E-state index contributed by atoms with van der Waals surface area (Å²) in [6, 6.07) is 10.3. The van der Waals surface area contributed by atoms with E-state index < -0.39 is 7.14 Å². The second-order valence-electron chi connectivity index (χ2n) is 4.41. The maximum atomic E-state index is 12.5. The van der Waals surface area contributed by atoms with Gasteiger partial charge in [0.2, 0.25) is 0 Å².